The summed E-state index contributed by atoms with van der Waals surface area (Å²) in [5.41, 5.74) is 2.16. The van der Waals surface area contributed by atoms with Gasteiger partial charge in [-0.25, -0.2) is 0 Å². The number of benzene rings is 1. The van der Waals surface area contributed by atoms with Crippen LogP contribution in [0.2, 0.25) is 13.1 Å². The third-order valence-corrected chi connectivity index (χ3v) is 3.98. The third kappa shape index (κ3) is 3.30. The van der Waals surface area contributed by atoms with E-state index in [2.05, 4.69) is 36.5 Å². The topological polar surface area (TPSA) is 21.6 Å². The van der Waals surface area contributed by atoms with Gasteiger partial charge >= 0.3 is 0 Å². The zero-order chi connectivity index (χ0) is 13.0. The summed E-state index contributed by atoms with van der Waals surface area (Å²) in [6.45, 7) is 6.34. The molecule has 18 heavy (non-hydrogen) atoms. The average molecular weight is 274 g/mol. The molecule has 0 bridgehead atoms. The molecule has 1 aromatic heterocycles. The van der Waals surface area contributed by atoms with Crippen molar-refractivity contribution in [2.75, 3.05) is 0 Å². The van der Waals surface area contributed by atoms with Crippen molar-refractivity contribution in [1.29, 1.82) is 0 Å². The molecule has 0 spiro atoms. The number of hydrogen-bond donors (Lipinski definition) is 0. The Bertz CT molecular complexity index is 548. The first-order valence-electron chi connectivity index (χ1n) is 5.82. The van der Waals surface area contributed by atoms with Crippen LogP contribution in [0.3, 0.4) is 0 Å². The molecule has 1 radical (unpaired) electrons. The van der Waals surface area contributed by atoms with Gasteiger partial charge in [0.2, 0.25) is 0 Å². The van der Waals surface area contributed by atoms with Gasteiger partial charge in [-0.2, -0.15) is 0 Å². The van der Waals surface area contributed by atoms with Gasteiger partial charge in [-0.1, -0.05) is 12.1 Å². The van der Waals surface area contributed by atoms with E-state index in [1.807, 2.05) is 30.5 Å². The Labute approximate surface area is 114 Å². The molecule has 2 rings (SSSR count). The largest absolute Gasteiger partial charge is 0.541 e. The summed E-state index contributed by atoms with van der Waals surface area (Å²) in [5, 5.41) is 2.08. The summed E-state index contributed by atoms with van der Waals surface area (Å²) in [7, 11) is -0.760. The molecule has 4 heteroatoms. The first-order chi connectivity index (χ1) is 8.66. The molecule has 0 unspecified atom stereocenters. The smallest absolute Gasteiger partial charge is 0.274 e. The molecule has 0 saturated carbocycles. The zero-order valence-corrected chi connectivity index (χ0v) is 12.6. The van der Waals surface area contributed by atoms with Crippen molar-refractivity contribution < 1.29 is 4.43 Å². The Hall–Kier alpha value is -1.39. The SMILES string of the molecule is Cc1ccsc1C=Nc1ccccc1O[Si](C)C. The van der Waals surface area contributed by atoms with Gasteiger partial charge in [0.1, 0.15) is 11.4 Å². The van der Waals surface area contributed by atoms with Crippen LogP contribution in [-0.4, -0.2) is 15.3 Å². The highest BCUT2D eigenvalue weighted by atomic mass is 32.1. The molecular weight excluding hydrogens is 258 g/mol. The van der Waals surface area contributed by atoms with Crippen LogP contribution in [-0.2, 0) is 0 Å². The first kappa shape index (κ1) is 13.0. The van der Waals surface area contributed by atoms with E-state index in [9.17, 15) is 0 Å². The quantitative estimate of drug-likeness (QED) is 0.597. The van der Waals surface area contributed by atoms with Gasteiger partial charge in [0.15, 0.2) is 0 Å². The fraction of sp³-hybridized carbons (Fsp3) is 0.214. The number of aliphatic imine (C=N–C) groups is 1. The van der Waals surface area contributed by atoms with E-state index in [4.69, 9.17) is 4.43 Å². The highest BCUT2D eigenvalue weighted by Gasteiger charge is 2.05. The monoisotopic (exact) mass is 274 g/mol. The molecule has 0 N–H and O–H groups in total. The summed E-state index contributed by atoms with van der Waals surface area (Å²) in [5.74, 6) is 0.877. The Morgan fingerprint density at radius 3 is 2.67 bits per heavy atom. The molecular formula is C14H16NOSSi. The summed E-state index contributed by atoms with van der Waals surface area (Å²) in [6, 6.07) is 10.0. The second-order valence-electron chi connectivity index (χ2n) is 4.20. The van der Waals surface area contributed by atoms with E-state index in [1.165, 1.54) is 10.4 Å². The maximum atomic E-state index is 5.84. The van der Waals surface area contributed by atoms with E-state index in [0.29, 0.717) is 0 Å². The number of nitrogens with zero attached hydrogens (tertiary/aromatic N) is 1. The summed E-state index contributed by atoms with van der Waals surface area (Å²) >= 11 is 1.70. The van der Waals surface area contributed by atoms with Crippen molar-refractivity contribution in [3.05, 3.63) is 46.2 Å². The van der Waals surface area contributed by atoms with Gasteiger partial charge in [-0.3, -0.25) is 4.99 Å². The molecule has 93 valence electrons. The minimum absolute atomic E-state index is 0.760. The summed E-state index contributed by atoms with van der Waals surface area (Å²) < 4.78 is 5.84. The van der Waals surface area contributed by atoms with Gasteiger partial charge in [-0.05, 0) is 49.2 Å². The van der Waals surface area contributed by atoms with Crippen LogP contribution in [0.15, 0.2) is 40.7 Å². The second kappa shape index (κ2) is 5.98. The fourth-order valence-corrected chi connectivity index (χ4v) is 2.91. The van der Waals surface area contributed by atoms with Crippen LogP contribution < -0.4 is 4.43 Å². The standard InChI is InChI=1S/C14H16NOSSi/c1-11-8-9-17-14(11)10-15-12-6-4-5-7-13(12)16-18(2)3/h4-10H,1-3H3. The molecule has 2 nitrogen and oxygen atoms in total. The zero-order valence-electron chi connectivity index (χ0n) is 10.8. The lowest BCUT2D eigenvalue weighted by atomic mass is 10.3. The van der Waals surface area contributed by atoms with Gasteiger partial charge < -0.3 is 4.43 Å². The van der Waals surface area contributed by atoms with E-state index < -0.39 is 9.04 Å². The van der Waals surface area contributed by atoms with Crippen molar-refractivity contribution >= 4 is 32.3 Å². The fourth-order valence-electron chi connectivity index (χ4n) is 1.51. The molecule has 0 amide bonds. The summed E-state index contributed by atoms with van der Waals surface area (Å²) in [6.07, 6.45) is 1.92. The van der Waals surface area contributed by atoms with Crippen LogP contribution in [0.25, 0.3) is 0 Å². The molecule has 0 fully saturated rings. The average Bonchev–Trinajstić information content (AvgIpc) is 2.73. The first-order valence-corrected chi connectivity index (χ1v) is 9.11. The second-order valence-corrected chi connectivity index (χ2v) is 7.17. The molecule has 2 aromatic rings. The molecule has 1 heterocycles. The molecule has 0 atom stereocenters. The molecule has 0 aliphatic heterocycles. The number of rotatable bonds is 4. The minimum Gasteiger partial charge on any atom is -0.541 e. The van der Waals surface area contributed by atoms with Gasteiger partial charge in [0, 0.05) is 11.1 Å². The number of thiophene rings is 1. The van der Waals surface area contributed by atoms with Gasteiger partial charge in [0.05, 0.1) is 0 Å². The predicted molar refractivity (Wildman–Crippen MR) is 80.9 cm³/mol. The highest BCUT2D eigenvalue weighted by molar-refractivity contribution is 7.11. The van der Waals surface area contributed by atoms with Crippen molar-refractivity contribution in [3.8, 4) is 5.75 Å². The normalized spacial score (nSPS) is 11.3. The van der Waals surface area contributed by atoms with Crippen LogP contribution >= 0.6 is 11.3 Å². The van der Waals surface area contributed by atoms with Crippen LogP contribution in [0.4, 0.5) is 5.69 Å². The van der Waals surface area contributed by atoms with Crippen molar-refractivity contribution in [2.24, 2.45) is 4.99 Å². The van der Waals surface area contributed by atoms with Crippen LogP contribution in [0.1, 0.15) is 10.4 Å². The Kier molecular flexibility index (Phi) is 4.33. The Morgan fingerprint density at radius 1 is 1.22 bits per heavy atom. The van der Waals surface area contributed by atoms with E-state index >= 15 is 0 Å². The minimum atomic E-state index is -0.760. The molecule has 0 aliphatic rings. The Morgan fingerprint density at radius 2 is 2.00 bits per heavy atom. The lowest BCUT2D eigenvalue weighted by Crippen LogP contribution is -2.11. The van der Waals surface area contributed by atoms with Gasteiger partial charge in [-0.15, -0.1) is 11.3 Å². The Balaban J connectivity index is 2.23. The van der Waals surface area contributed by atoms with Crippen molar-refractivity contribution in [3.63, 3.8) is 0 Å². The highest BCUT2D eigenvalue weighted by Crippen LogP contribution is 2.27. The maximum absolute atomic E-state index is 5.84. The van der Waals surface area contributed by atoms with Crippen LogP contribution in [0, 0.1) is 6.92 Å². The van der Waals surface area contributed by atoms with E-state index in [0.717, 1.165) is 11.4 Å². The molecule has 0 aliphatic carbocycles. The molecule has 0 saturated heterocycles. The van der Waals surface area contributed by atoms with Crippen LogP contribution in [0.5, 0.6) is 5.75 Å². The van der Waals surface area contributed by atoms with E-state index in [1.54, 1.807) is 11.3 Å². The van der Waals surface area contributed by atoms with E-state index in [-0.39, 0.29) is 0 Å². The van der Waals surface area contributed by atoms with Crippen molar-refractivity contribution in [2.45, 2.75) is 20.0 Å². The van der Waals surface area contributed by atoms with Crippen molar-refractivity contribution in [1.82, 2.24) is 0 Å². The molecule has 1 aromatic carbocycles. The number of hydrogen-bond acceptors (Lipinski definition) is 3. The van der Waals surface area contributed by atoms with Gasteiger partial charge in [0.25, 0.3) is 9.04 Å². The third-order valence-electron chi connectivity index (χ3n) is 2.40. The maximum Gasteiger partial charge on any atom is 0.274 e. The number of aryl methyl sites for hydroxylation is 1. The summed E-state index contributed by atoms with van der Waals surface area (Å²) in [4.78, 5) is 5.74. The lowest BCUT2D eigenvalue weighted by Gasteiger charge is -2.10. The number of para-hydroxylation sites is 2. The predicted octanol–water partition coefficient (Wildman–Crippen LogP) is 4.44. The lowest BCUT2D eigenvalue weighted by molar-refractivity contribution is 0.582.